The van der Waals surface area contributed by atoms with E-state index in [1.807, 2.05) is 18.2 Å². The highest BCUT2D eigenvalue weighted by Gasteiger charge is 2.38. The minimum Gasteiger partial charge on any atom is -0.366 e. The number of morpholine rings is 1. The van der Waals surface area contributed by atoms with Gasteiger partial charge in [0.1, 0.15) is 6.04 Å². The monoisotopic (exact) mass is 289 g/mol. The molecule has 3 rings (SSSR count). The van der Waals surface area contributed by atoms with E-state index in [1.165, 1.54) is 0 Å². The average Bonchev–Trinajstić information content (AvgIpc) is 2.61. The molecule has 0 radical (unpaired) electrons. The molecule has 1 saturated heterocycles. The molecule has 21 heavy (non-hydrogen) atoms. The molecule has 5 nitrogen and oxygen atoms in total. The van der Waals surface area contributed by atoms with Gasteiger partial charge in [0, 0.05) is 30.0 Å². The van der Waals surface area contributed by atoms with Crippen LogP contribution in [-0.4, -0.2) is 30.2 Å². The molecule has 0 aliphatic carbocycles. The summed E-state index contributed by atoms with van der Waals surface area (Å²) in [6.07, 6.45) is 0. The highest BCUT2D eigenvalue weighted by Crippen LogP contribution is 2.36. The Hall–Kier alpha value is -1.59. The lowest BCUT2D eigenvalue weighted by atomic mass is 9.98. The Morgan fingerprint density at radius 3 is 2.48 bits per heavy atom. The van der Waals surface area contributed by atoms with Gasteiger partial charge in [0.2, 0.25) is 5.91 Å². The number of carbonyl (C=O) groups is 1. The maximum atomic E-state index is 11.7. The largest absolute Gasteiger partial charge is 0.366 e. The molecule has 1 fully saturated rings. The van der Waals surface area contributed by atoms with Crippen LogP contribution in [0.2, 0.25) is 0 Å². The Labute approximate surface area is 125 Å². The molecule has 0 spiro atoms. The zero-order valence-electron chi connectivity index (χ0n) is 13.1. The van der Waals surface area contributed by atoms with Gasteiger partial charge in [0.05, 0.1) is 11.2 Å². The minimum absolute atomic E-state index is 0.134. The maximum Gasteiger partial charge on any atom is 0.245 e. The van der Waals surface area contributed by atoms with Gasteiger partial charge in [-0.2, -0.15) is 0 Å². The topological polar surface area (TPSA) is 67.6 Å². The molecule has 1 unspecified atom stereocenters. The molecule has 1 atom stereocenters. The number of hydrogen-bond donors (Lipinski definition) is 2. The summed E-state index contributed by atoms with van der Waals surface area (Å²) in [4.78, 5) is 14.0. The molecule has 0 aromatic heterocycles. The second-order valence-electron chi connectivity index (χ2n) is 7.22. The quantitative estimate of drug-likeness (QED) is 0.830. The second-order valence-corrected chi connectivity index (χ2v) is 7.22. The molecule has 1 amide bonds. The van der Waals surface area contributed by atoms with E-state index in [9.17, 15) is 4.79 Å². The number of carbonyl (C=O) groups excluding carboxylic acids is 1. The first-order valence-electron chi connectivity index (χ1n) is 7.32. The molecule has 1 aromatic carbocycles. The zero-order valence-corrected chi connectivity index (χ0v) is 13.1. The number of fused-ring (bicyclic) bond motifs is 1. The van der Waals surface area contributed by atoms with Crippen molar-refractivity contribution in [1.29, 1.82) is 0 Å². The average molecular weight is 289 g/mol. The Balaban J connectivity index is 1.91. The van der Waals surface area contributed by atoms with Gasteiger partial charge in [0.15, 0.2) is 0 Å². The summed E-state index contributed by atoms with van der Waals surface area (Å²) in [5.74, 6) is -0.134. The fourth-order valence-corrected chi connectivity index (χ4v) is 3.44. The summed E-state index contributed by atoms with van der Waals surface area (Å²) in [5.41, 5.74) is 8.23. The number of nitrogens with zero attached hydrogens (tertiary/aromatic N) is 1. The van der Waals surface area contributed by atoms with Crippen molar-refractivity contribution in [3.63, 3.8) is 0 Å². The Bertz CT molecular complexity index is 579. The lowest BCUT2D eigenvalue weighted by Gasteiger charge is -2.48. The van der Waals surface area contributed by atoms with Gasteiger partial charge in [0.25, 0.3) is 0 Å². The van der Waals surface area contributed by atoms with Crippen molar-refractivity contribution in [2.24, 2.45) is 5.73 Å². The van der Waals surface area contributed by atoms with Crippen molar-refractivity contribution >= 4 is 17.3 Å². The smallest absolute Gasteiger partial charge is 0.245 e. The number of amides is 1. The highest BCUT2D eigenvalue weighted by atomic mass is 16.5. The van der Waals surface area contributed by atoms with Crippen molar-refractivity contribution in [2.45, 2.75) is 44.9 Å². The van der Waals surface area contributed by atoms with Crippen molar-refractivity contribution in [2.75, 3.05) is 23.3 Å². The predicted molar refractivity (Wildman–Crippen MR) is 83.5 cm³/mol. The Kier molecular flexibility index (Phi) is 3.04. The van der Waals surface area contributed by atoms with Crippen molar-refractivity contribution < 1.29 is 9.53 Å². The van der Waals surface area contributed by atoms with Crippen LogP contribution in [0.4, 0.5) is 11.4 Å². The number of nitrogens with one attached hydrogen (secondary N) is 1. The molecule has 1 aromatic rings. The lowest BCUT2D eigenvalue weighted by molar-refractivity contribution is -0.133. The van der Waals surface area contributed by atoms with Gasteiger partial charge >= 0.3 is 0 Å². The van der Waals surface area contributed by atoms with Gasteiger partial charge in [-0.3, -0.25) is 4.79 Å². The van der Waals surface area contributed by atoms with Crippen LogP contribution in [0.3, 0.4) is 0 Å². The van der Waals surface area contributed by atoms with E-state index in [-0.39, 0.29) is 17.1 Å². The number of anilines is 2. The first-order valence-corrected chi connectivity index (χ1v) is 7.32. The first kappa shape index (κ1) is 14.4. The van der Waals surface area contributed by atoms with Gasteiger partial charge < -0.3 is 20.7 Å². The fourth-order valence-electron chi connectivity index (χ4n) is 3.44. The SMILES string of the molecule is CC1(C)CN(c2ccc3c(c2)NC(=O)C3N)CC(C)(C)O1. The van der Waals surface area contributed by atoms with Crippen LogP contribution >= 0.6 is 0 Å². The van der Waals surface area contributed by atoms with Crippen LogP contribution in [0.15, 0.2) is 18.2 Å². The zero-order chi connectivity index (χ0) is 15.4. The first-order chi connectivity index (χ1) is 9.67. The maximum absolute atomic E-state index is 11.7. The summed E-state index contributed by atoms with van der Waals surface area (Å²) in [5, 5.41) is 2.85. The van der Waals surface area contributed by atoms with E-state index >= 15 is 0 Å². The molecular weight excluding hydrogens is 266 g/mol. The van der Waals surface area contributed by atoms with E-state index in [2.05, 4.69) is 37.9 Å². The van der Waals surface area contributed by atoms with Crippen LogP contribution in [0, 0.1) is 0 Å². The molecule has 5 heteroatoms. The normalized spacial score (nSPS) is 26.4. The molecule has 2 heterocycles. The third-order valence-electron chi connectivity index (χ3n) is 3.97. The third-order valence-corrected chi connectivity index (χ3v) is 3.97. The molecule has 2 aliphatic heterocycles. The van der Waals surface area contributed by atoms with Gasteiger partial charge in [-0.1, -0.05) is 6.07 Å². The summed E-state index contributed by atoms with van der Waals surface area (Å²) >= 11 is 0. The van der Waals surface area contributed by atoms with E-state index in [0.29, 0.717) is 0 Å². The summed E-state index contributed by atoms with van der Waals surface area (Å²) in [7, 11) is 0. The van der Waals surface area contributed by atoms with Crippen LogP contribution in [0.1, 0.15) is 39.3 Å². The van der Waals surface area contributed by atoms with E-state index in [0.717, 1.165) is 30.0 Å². The van der Waals surface area contributed by atoms with Crippen molar-refractivity contribution in [3.8, 4) is 0 Å². The Morgan fingerprint density at radius 1 is 1.24 bits per heavy atom. The molecule has 2 aliphatic rings. The van der Waals surface area contributed by atoms with E-state index in [1.54, 1.807) is 0 Å². The fraction of sp³-hybridized carbons (Fsp3) is 0.562. The standard InChI is InChI=1S/C16H23N3O2/c1-15(2)8-19(9-16(3,4)21-15)10-5-6-11-12(7-10)18-14(20)13(11)17/h5-7,13H,8-9,17H2,1-4H3,(H,18,20). The molecular formula is C16H23N3O2. The van der Waals surface area contributed by atoms with Crippen LogP contribution in [0.5, 0.6) is 0 Å². The van der Waals surface area contributed by atoms with Crippen LogP contribution < -0.4 is 16.0 Å². The molecule has 3 N–H and O–H groups in total. The van der Waals surface area contributed by atoms with Crippen LogP contribution in [0.25, 0.3) is 0 Å². The third kappa shape index (κ3) is 2.63. The lowest BCUT2D eigenvalue weighted by Crippen LogP contribution is -2.57. The number of benzene rings is 1. The van der Waals surface area contributed by atoms with Crippen molar-refractivity contribution in [1.82, 2.24) is 0 Å². The predicted octanol–water partition coefficient (Wildman–Crippen LogP) is 2.03. The highest BCUT2D eigenvalue weighted by molar-refractivity contribution is 6.02. The summed E-state index contributed by atoms with van der Waals surface area (Å²) in [6, 6.07) is 5.45. The van der Waals surface area contributed by atoms with E-state index < -0.39 is 6.04 Å². The Morgan fingerprint density at radius 2 is 1.86 bits per heavy atom. The van der Waals surface area contributed by atoms with Crippen molar-refractivity contribution in [3.05, 3.63) is 23.8 Å². The van der Waals surface area contributed by atoms with Gasteiger partial charge in [-0.25, -0.2) is 0 Å². The van der Waals surface area contributed by atoms with Gasteiger partial charge in [-0.15, -0.1) is 0 Å². The molecule has 0 bridgehead atoms. The summed E-state index contributed by atoms with van der Waals surface area (Å²) < 4.78 is 6.11. The van der Waals surface area contributed by atoms with Crippen LogP contribution in [-0.2, 0) is 9.53 Å². The number of ether oxygens (including phenoxy) is 1. The van der Waals surface area contributed by atoms with E-state index in [4.69, 9.17) is 10.5 Å². The number of nitrogens with two attached hydrogens (primary N) is 1. The minimum atomic E-state index is -0.549. The van der Waals surface area contributed by atoms with Gasteiger partial charge in [-0.05, 0) is 39.8 Å². The molecule has 0 saturated carbocycles. The number of rotatable bonds is 1. The number of hydrogen-bond acceptors (Lipinski definition) is 4. The summed E-state index contributed by atoms with van der Waals surface area (Å²) in [6.45, 7) is 10.0. The second kappa shape index (κ2) is 4.45. The molecule has 114 valence electrons.